The molecule has 0 radical (unpaired) electrons. The zero-order chi connectivity index (χ0) is 17.9. The first-order chi connectivity index (χ1) is 12.7. The first kappa shape index (κ1) is 17.0. The second kappa shape index (κ2) is 7.45. The number of rotatable bonds is 4. The lowest BCUT2D eigenvalue weighted by Gasteiger charge is -2.36. The van der Waals surface area contributed by atoms with Crippen LogP contribution in [0, 0.1) is 0 Å². The lowest BCUT2D eigenvalue weighted by Crippen LogP contribution is -2.42. The van der Waals surface area contributed by atoms with Gasteiger partial charge < -0.3 is 14.2 Å². The second-order valence-electron chi connectivity index (χ2n) is 7.06. The van der Waals surface area contributed by atoms with E-state index in [1.54, 1.807) is 0 Å². The van der Waals surface area contributed by atoms with Gasteiger partial charge in [-0.15, -0.1) is 10.2 Å². The maximum atomic E-state index is 12.8. The summed E-state index contributed by atoms with van der Waals surface area (Å²) < 4.78 is 7.88. The van der Waals surface area contributed by atoms with Crippen molar-refractivity contribution in [2.45, 2.75) is 38.4 Å². The van der Waals surface area contributed by atoms with E-state index in [-0.39, 0.29) is 18.6 Å². The Hall–Kier alpha value is -2.41. The fourth-order valence-corrected chi connectivity index (χ4v) is 3.79. The van der Waals surface area contributed by atoms with Crippen molar-refractivity contribution in [2.75, 3.05) is 26.7 Å². The molecule has 0 saturated carbocycles. The first-order valence-electron chi connectivity index (χ1n) is 9.30. The minimum absolute atomic E-state index is 0.000259. The van der Waals surface area contributed by atoms with Crippen LogP contribution >= 0.6 is 0 Å². The lowest BCUT2D eigenvalue weighted by molar-refractivity contribution is -0.137. The molecule has 0 aliphatic carbocycles. The van der Waals surface area contributed by atoms with Crippen LogP contribution < -0.4 is 4.74 Å². The van der Waals surface area contributed by atoms with Crippen molar-refractivity contribution in [1.29, 1.82) is 0 Å². The van der Waals surface area contributed by atoms with E-state index in [0.29, 0.717) is 0 Å². The predicted octanol–water partition coefficient (Wildman–Crippen LogP) is 1.86. The van der Waals surface area contributed by atoms with Gasteiger partial charge in [0, 0.05) is 19.6 Å². The zero-order valence-corrected chi connectivity index (χ0v) is 15.2. The molecule has 1 unspecified atom stereocenters. The van der Waals surface area contributed by atoms with Gasteiger partial charge in [0.15, 0.2) is 12.4 Å². The van der Waals surface area contributed by atoms with Crippen LogP contribution in [0.5, 0.6) is 5.75 Å². The van der Waals surface area contributed by atoms with Crippen molar-refractivity contribution in [1.82, 2.24) is 24.6 Å². The Labute approximate surface area is 153 Å². The molecule has 1 saturated heterocycles. The number of amides is 1. The zero-order valence-electron chi connectivity index (χ0n) is 15.2. The van der Waals surface area contributed by atoms with Crippen molar-refractivity contribution in [3.8, 4) is 5.75 Å². The summed E-state index contributed by atoms with van der Waals surface area (Å²) in [5.74, 6) is 2.66. The van der Waals surface area contributed by atoms with Crippen LogP contribution in [0.25, 0.3) is 0 Å². The van der Waals surface area contributed by atoms with Gasteiger partial charge in [0.05, 0.1) is 12.6 Å². The Morgan fingerprint density at radius 1 is 1.15 bits per heavy atom. The highest BCUT2D eigenvalue weighted by atomic mass is 16.5. The number of carbonyl (C=O) groups is 1. The molecular formula is C19H25N5O2. The molecule has 0 bridgehead atoms. The number of likely N-dealkylation sites (N-methyl/N-ethyl adjacent to an activating group) is 1. The molecule has 2 aliphatic rings. The minimum atomic E-state index is 0.000259. The number of para-hydroxylation sites is 1. The van der Waals surface area contributed by atoms with Crippen LogP contribution in [0.2, 0.25) is 0 Å². The molecule has 1 fully saturated rings. The number of fused-ring (bicyclic) bond motifs is 1. The third-order valence-electron chi connectivity index (χ3n) is 5.20. The topological polar surface area (TPSA) is 63.5 Å². The molecule has 0 spiro atoms. The van der Waals surface area contributed by atoms with Crippen molar-refractivity contribution in [3.05, 3.63) is 42.0 Å². The third-order valence-corrected chi connectivity index (χ3v) is 5.20. The maximum absolute atomic E-state index is 12.8. The molecule has 4 rings (SSSR count). The number of ether oxygens (including phenoxy) is 1. The smallest absolute Gasteiger partial charge is 0.261 e. The highest BCUT2D eigenvalue weighted by molar-refractivity contribution is 5.78. The Morgan fingerprint density at radius 2 is 2.00 bits per heavy atom. The molecule has 1 aromatic carbocycles. The molecule has 7 heteroatoms. The summed E-state index contributed by atoms with van der Waals surface area (Å²) in [5.41, 5.74) is 0. The van der Waals surface area contributed by atoms with Gasteiger partial charge in [0.1, 0.15) is 11.6 Å². The van der Waals surface area contributed by atoms with Crippen molar-refractivity contribution < 1.29 is 9.53 Å². The predicted molar refractivity (Wildman–Crippen MR) is 96.6 cm³/mol. The van der Waals surface area contributed by atoms with Crippen molar-refractivity contribution in [2.24, 2.45) is 0 Å². The van der Waals surface area contributed by atoms with Crippen LogP contribution in [0.3, 0.4) is 0 Å². The molecule has 1 atom stereocenters. The number of piperidine rings is 1. The first-order valence-corrected chi connectivity index (χ1v) is 9.30. The molecule has 1 amide bonds. The summed E-state index contributed by atoms with van der Waals surface area (Å²) in [7, 11) is 2.09. The van der Waals surface area contributed by atoms with Crippen LogP contribution in [-0.2, 0) is 17.9 Å². The Kier molecular flexibility index (Phi) is 4.88. The van der Waals surface area contributed by atoms with Gasteiger partial charge in [-0.3, -0.25) is 9.69 Å². The fraction of sp³-hybridized carbons (Fsp3) is 0.526. The van der Waals surface area contributed by atoms with Crippen molar-refractivity contribution >= 4 is 5.91 Å². The Morgan fingerprint density at radius 3 is 2.85 bits per heavy atom. The molecule has 138 valence electrons. The van der Waals surface area contributed by atoms with E-state index in [1.165, 1.54) is 0 Å². The Bertz CT molecular complexity index is 761. The largest absolute Gasteiger partial charge is 0.484 e. The molecule has 0 N–H and O–H groups in total. The van der Waals surface area contributed by atoms with Gasteiger partial charge in [0.25, 0.3) is 5.91 Å². The maximum Gasteiger partial charge on any atom is 0.261 e. The second-order valence-corrected chi connectivity index (χ2v) is 7.06. The monoisotopic (exact) mass is 355 g/mol. The lowest BCUT2D eigenvalue weighted by atomic mass is 10.0. The average Bonchev–Trinajstić information content (AvgIpc) is 3.09. The molecular weight excluding hydrogens is 330 g/mol. The average molecular weight is 355 g/mol. The van der Waals surface area contributed by atoms with E-state index >= 15 is 0 Å². The van der Waals surface area contributed by atoms with Crippen LogP contribution in [0.1, 0.15) is 37.0 Å². The summed E-state index contributed by atoms with van der Waals surface area (Å²) in [6, 6.07) is 9.48. The van der Waals surface area contributed by atoms with Gasteiger partial charge in [-0.2, -0.15) is 0 Å². The highest BCUT2D eigenvalue weighted by Crippen LogP contribution is 2.31. The number of aromatic nitrogens is 3. The molecule has 2 aliphatic heterocycles. The number of carbonyl (C=O) groups excluding carboxylic acids is 1. The number of benzene rings is 1. The summed E-state index contributed by atoms with van der Waals surface area (Å²) in [6.45, 7) is 3.49. The summed E-state index contributed by atoms with van der Waals surface area (Å²) in [4.78, 5) is 17.0. The SMILES string of the molecule is CN1CCn2c(nnc2C2CCCCN2C(=O)COc2ccccc2)C1. The third kappa shape index (κ3) is 3.44. The molecule has 3 heterocycles. The number of likely N-dealkylation sites (tertiary alicyclic amines) is 1. The van der Waals surface area contributed by atoms with Gasteiger partial charge in [-0.05, 0) is 38.4 Å². The molecule has 2 aromatic rings. The van der Waals surface area contributed by atoms with E-state index < -0.39 is 0 Å². The van der Waals surface area contributed by atoms with E-state index in [0.717, 1.165) is 62.8 Å². The quantitative estimate of drug-likeness (QED) is 0.838. The van der Waals surface area contributed by atoms with Crippen LogP contribution in [0.15, 0.2) is 30.3 Å². The van der Waals surface area contributed by atoms with E-state index in [1.807, 2.05) is 35.2 Å². The van der Waals surface area contributed by atoms with Gasteiger partial charge >= 0.3 is 0 Å². The summed E-state index contributed by atoms with van der Waals surface area (Å²) in [5, 5.41) is 8.83. The van der Waals surface area contributed by atoms with E-state index in [4.69, 9.17) is 4.74 Å². The van der Waals surface area contributed by atoms with Crippen molar-refractivity contribution in [3.63, 3.8) is 0 Å². The normalized spacial score (nSPS) is 20.7. The van der Waals surface area contributed by atoms with E-state index in [9.17, 15) is 4.79 Å². The molecule has 1 aromatic heterocycles. The van der Waals surface area contributed by atoms with E-state index in [2.05, 4.69) is 26.7 Å². The molecule has 7 nitrogen and oxygen atoms in total. The minimum Gasteiger partial charge on any atom is -0.484 e. The standard InChI is InChI=1S/C19H25N5O2/c1-22-11-12-24-17(13-22)20-21-19(24)16-9-5-6-10-23(16)18(25)14-26-15-7-3-2-4-8-15/h2-4,7-8,16H,5-6,9-14H2,1H3. The van der Waals surface area contributed by atoms with Crippen LogP contribution in [0.4, 0.5) is 0 Å². The fourth-order valence-electron chi connectivity index (χ4n) is 3.79. The number of hydrogen-bond donors (Lipinski definition) is 0. The summed E-state index contributed by atoms with van der Waals surface area (Å²) in [6.07, 6.45) is 3.07. The number of hydrogen-bond acceptors (Lipinski definition) is 5. The Balaban J connectivity index is 1.49. The highest BCUT2D eigenvalue weighted by Gasteiger charge is 2.33. The number of nitrogens with zero attached hydrogens (tertiary/aromatic N) is 5. The van der Waals surface area contributed by atoms with Crippen LogP contribution in [-0.4, -0.2) is 57.2 Å². The van der Waals surface area contributed by atoms with Gasteiger partial charge in [-0.1, -0.05) is 18.2 Å². The van der Waals surface area contributed by atoms with Gasteiger partial charge in [-0.25, -0.2) is 0 Å². The summed E-state index contributed by atoms with van der Waals surface area (Å²) >= 11 is 0. The molecule has 26 heavy (non-hydrogen) atoms. The van der Waals surface area contributed by atoms with Gasteiger partial charge in [0.2, 0.25) is 0 Å².